The first kappa shape index (κ1) is 16.8. The van der Waals surface area contributed by atoms with E-state index in [1.165, 1.54) is 11.3 Å². The highest BCUT2D eigenvalue weighted by Gasteiger charge is 2.17. The molecule has 1 amide bonds. The second-order valence-electron chi connectivity index (χ2n) is 5.94. The summed E-state index contributed by atoms with van der Waals surface area (Å²) in [6.45, 7) is 3.87. The summed E-state index contributed by atoms with van der Waals surface area (Å²) >= 11 is 7.76. The van der Waals surface area contributed by atoms with E-state index in [4.69, 9.17) is 11.6 Å². The molecule has 7 heteroatoms. The van der Waals surface area contributed by atoms with Crippen LogP contribution in [0.25, 0.3) is 15.3 Å². The van der Waals surface area contributed by atoms with E-state index in [2.05, 4.69) is 15.4 Å². The van der Waals surface area contributed by atoms with Gasteiger partial charge in [-0.2, -0.15) is 9.78 Å². The van der Waals surface area contributed by atoms with Gasteiger partial charge in [0.15, 0.2) is 0 Å². The molecule has 0 spiro atoms. The minimum Gasteiger partial charge on any atom is -0.306 e. The van der Waals surface area contributed by atoms with Crippen LogP contribution in [0.5, 0.6) is 0 Å². The Balaban J connectivity index is 1.76. The van der Waals surface area contributed by atoms with E-state index in [0.717, 1.165) is 21.5 Å². The zero-order valence-corrected chi connectivity index (χ0v) is 15.7. The summed E-state index contributed by atoms with van der Waals surface area (Å²) in [5, 5.41) is 8.72. The van der Waals surface area contributed by atoms with Crippen LogP contribution in [0.15, 0.2) is 48.5 Å². The number of aryl methyl sites for hydroxylation is 2. The van der Waals surface area contributed by atoms with Gasteiger partial charge in [0.1, 0.15) is 5.82 Å². The number of halogens is 1. The number of nitrogens with one attached hydrogen (secondary N) is 1. The predicted molar refractivity (Wildman–Crippen MR) is 106 cm³/mol. The zero-order chi connectivity index (χ0) is 18.3. The maximum atomic E-state index is 12.5. The molecule has 0 bridgehead atoms. The summed E-state index contributed by atoms with van der Waals surface area (Å²) in [5.41, 5.74) is 3.27. The van der Waals surface area contributed by atoms with Gasteiger partial charge in [0.2, 0.25) is 5.13 Å². The molecule has 26 heavy (non-hydrogen) atoms. The fourth-order valence-corrected chi connectivity index (χ4v) is 3.98. The molecular weight excluding hydrogens is 368 g/mol. The third-order valence-electron chi connectivity index (χ3n) is 3.98. The molecular formula is C19H15ClN4OS. The fourth-order valence-electron chi connectivity index (χ4n) is 2.69. The topological polar surface area (TPSA) is 59.8 Å². The third-order valence-corrected chi connectivity index (χ3v) is 5.47. The van der Waals surface area contributed by atoms with Crippen LogP contribution in [0.3, 0.4) is 0 Å². The number of aromatic nitrogens is 3. The minimum absolute atomic E-state index is 0.193. The summed E-state index contributed by atoms with van der Waals surface area (Å²) < 4.78 is 2.56. The lowest BCUT2D eigenvalue weighted by Gasteiger charge is -2.06. The Morgan fingerprint density at radius 3 is 2.65 bits per heavy atom. The monoisotopic (exact) mass is 382 g/mol. The lowest BCUT2D eigenvalue weighted by atomic mass is 10.2. The number of rotatable bonds is 3. The van der Waals surface area contributed by atoms with E-state index in [9.17, 15) is 4.79 Å². The van der Waals surface area contributed by atoms with Gasteiger partial charge in [0, 0.05) is 11.6 Å². The summed E-state index contributed by atoms with van der Waals surface area (Å²) in [7, 11) is 0. The number of benzene rings is 2. The zero-order valence-electron chi connectivity index (χ0n) is 14.2. The molecule has 0 saturated carbocycles. The van der Waals surface area contributed by atoms with E-state index in [1.54, 1.807) is 16.8 Å². The van der Waals surface area contributed by atoms with Gasteiger partial charge >= 0.3 is 0 Å². The molecule has 0 aliphatic rings. The molecule has 4 aromatic rings. The van der Waals surface area contributed by atoms with Crippen molar-refractivity contribution in [2.45, 2.75) is 13.8 Å². The van der Waals surface area contributed by atoms with Crippen LogP contribution in [0.1, 0.15) is 21.6 Å². The highest BCUT2D eigenvalue weighted by Crippen LogP contribution is 2.34. The normalized spacial score (nSPS) is 11.0. The molecule has 130 valence electrons. The minimum atomic E-state index is -0.193. The highest BCUT2D eigenvalue weighted by molar-refractivity contribution is 7.21. The van der Waals surface area contributed by atoms with Crippen LogP contribution in [0.4, 0.5) is 5.82 Å². The number of hydrogen-bond acceptors (Lipinski definition) is 4. The Morgan fingerprint density at radius 2 is 1.92 bits per heavy atom. The fraction of sp³-hybridized carbons (Fsp3) is 0.105. The molecule has 2 aromatic heterocycles. The molecule has 4 rings (SSSR count). The molecule has 2 heterocycles. The summed E-state index contributed by atoms with van der Waals surface area (Å²) in [6.07, 6.45) is 0. The van der Waals surface area contributed by atoms with Crippen molar-refractivity contribution < 1.29 is 4.79 Å². The van der Waals surface area contributed by atoms with Gasteiger partial charge in [0.25, 0.3) is 5.91 Å². The van der Waals surface area contributed by atoms with E-state index < -0.39 is 0 Å². The van der Waals surface area contributed by atoms with Crippen molar-refractivity contribution >= 4 is 44.9 Å². The Morgan fingerprint density at radius 1 is 1.15 bits per heavy atom. The van der Waals surface area contributed by atoms with Crippen molar-refractivity contribution in [3.63, 3.8) is 0 Å². The molecule has 0 fully saturated rings. The smallest absolute Gasteiger partial charge is 0.256 e. The van der Waals surface area contributed by atoms with Crippen LogP contribution in [-0.2, 0) is 0 Å². The highest BCUT2D eigenvalue weighted by atomic mass is 35.5. The molecule has 0 atom stereocenters. The van der Waals surface area contributed by atoms with Gasteiger partial charge < -0.3 is 5.32 Å². The summed E-state index contributed by atoms with van der Waals surface area (Å²) in [4.78, 5) is 17.2. The standard InChI is InChI=1S/C19H15ClN4OS/c1-11-8-9-14(20)17-16(11)22-19(26-17)24-15(10-12(2)23-24)21-18(25)13-6-4-3-5-7-13/h3-10H,1-2H3,(H,21,25). The number of carbonyl (C=O) groups is 1. The van der Waals surface area contributed by atoms with E-state index >= 15 is 0 Å². The van der Waals surface area contributed by atoms with Crippen LogP contribution in [-0.4, -0.2) is 20.7 Å². The molecule has 0 saturated heterocycles. The van der Waals surface area contributed by atoms with Gasteiger partial charge in [-0.1, -0.05) is 47.2 Å². The molecule has 0 aliphatic carbocycles. The molecule has 1 N–H and O–H groups in total. The number of carbonyl (C=O) groups excluding carboxylic acids is 1. The van der Waals surface area contributed by atoms with Crippen LogP contribution >= 0.6 is 22.9 Å². The Kier molecular flexibility index (Phi) is 4.22. The average molecular weight is 383 g/mol. The quantitative estimate of drug-likeness (QED) is 0.542. The molecule has 0 aliphatic heterocycles. The molecule has 0 unspecified atom stereocenters. The van der Waals surface area contributed by atoms with Crippen molar-refractivity contribution in [2.24, 2.45) is 0 Å². The Hall–Kier alpha value is -2.70. The largest absolute Gasteiger partial charge is 0.306 e. The van der Waals surface area contributed by atoms with Crippen LogP contribution in [0, 0.1) is 13.8 Å². The van der Waals surface area contributed by atoms with Gasteiger partial charge in [-0.3, -0.25) is 4.79 Å². The maximum absolute atomic E-state index is 12.5. The van der Waals surface area contributed by atoms with Crippen LogP contribution < -0.4 is 5.32 Å². The number of amides is 1. The van der Waals surface area contributed by atoms with Crippen molar-refractivity contribution in [3.8, 4) is 5.13 Å². The van der Waals surface area contributed by atoms with Gasteiger partial charge in [-0.15, -0.1) is 0 Å². The number of nitrogens with zero attached hydrogens (tertiary/aromatic N) is 3. The van der Waals surface area contributed by atoms with E-state index in [1.807, 2.05) is 50.2 Å². The number of hydrogen-bond donors (Lipinski definition) is 1. The van der Waals surface area contributed by atoms with Crippen molar-refractivity contribution in [1.29, 1.82) is 0 Å². The second-order valence-corrected chi connectivity index (χ2v) is 7.33. The molecule has 0 radical (unpaired) electrons. The molecule has 2 aromatic carbocycles. The predicted octanol–water partition coefficient (Wildman–Crippen LogP) is 5.00. The van der Waals surface area contributed by atoms with Crippen molar-refractivity contribution in [1.82, 2.24) is 14.8 Å². The third kappa shape index (κ3) is 2.98. The Labute approximate surface area is 159 Å². The first-order valence-corrected chi connectivity index (χ1v) is 9.21. The lowest BCUT2D eigenvalue weighted by Crippen LogP contribution is -2.14. The van der Waals surface area contributed by atoms with Gasteiger partial charge in [-0.25, -0.2) is 4.98 Å². The summed E-state index contributed by atoms with van der Waals surface area (Å²) in [6, 6.07) is 14.7. The lowest BCUT2D eigenvalue weighted by molar-refractivity contribution is 0.102. The maximum Gasteiger partial charge on any atom is 0.256 e. The van der Waals surface area contributed by atoms with Gasteiger partial charge in [-0.05, 0) is 37.6 Å². The number of fused-ring (bicyclic) bond motifs is 1. The van der Waals surface area contributed by atoms with Crippen LogP contribution in [0.2, 0.25) is 5.02 Å². The Bertz CT molecular complexity index is 1080. The summed E-state index contributed by atoms with van der Waals surface area (Å²) in [5.74, 6) is 0.381. The van der Waals surface area contributed by atoms with Gasteiger partial charge in [0.05, 0.1) is 20.9 Å². The van der Waals surface area contributed by atoms with E-state index in [-0.39, 0.29) is 5.91 Å². The number of thiazole rings is 1. The SMILES string of the molecule is Cc1cc(NC(=O)c2ccccc2)n(-c2nc3c(C)ccc(Cl)c3s2)n1. The first-order valence-electron chi connectivity index (χ1n) is 8.02. The van der Waals surface area contributed by atoms with E-state index in [0.29, 0.717) is 21.5 Å². The second kappa shape index (κ2) is 6.55. The first-order chi connectivity index (χ1) is 12.5. The molecule has 5 nitrogen and oxygen atoms in total. The average Bonchev–Trinajstić information content (AvgIpc) is 3.23. The number of anilines is 1. The van der Waals surface area contributed by atoms with Crippen molar-refractivity contribution in [3.05, 3.63) is 70.4 Å². The van der Waals surface area contributed by atoms with Crippen molar-refractivity contribution in [2.75, 3.05) is 5.32 Å².